The summed E-state index contributed by atoms with van der Waals surface area (Å²) in [4.78, 5) is 27.8. The third-order valence-corrected chi connectivity index (χ3v) is 4.30. The highest BCUT2D eigenvalue weighted by molar-refractivity contribution is 5.94. The molecule has 3 heterocycles. The summed E-state index contributed by atoms with van der Waals surface area (Å²) in [6.07, 6.45) is 7.92. The molecule has 0 aromatic heterocycles. The Morgan fingerprint density at radius 2 is 1.84 bits per heavy atom. The van der Waals surface area contributed by atoms with Gasteiger partial charge in [-0.3, -0.25) is 14.6 Å². The summed E-state index contributed by atoms with van der Waals surface area (Å²) in [5.41, 5.74) is 0. The molecule has 0 aliphatic carbocycles. The number of rotatable bonds is 0. The number of hydrogen-bond donors (Lipinski definition) is 0. The molecule has 3 rings (SSSR count). The van der Waals surface area contributed by atoms with Crippen molar-refractivity contribution in [3.05, 3.63) is 0 Å². The Bertz CT molecular complexity index is 372. The van der Waals surface area contributed by atoms with Crippen molar-refractivity contribution in [2.75, 3.05) is 13.1 Å². The van der Waals surface area contributed by atoms with Crippen LogP contribution in [0, 0.1) is 0 Å². The molecule has 3 saturated heterocycles. The second-order valence-electron chi connectivity index (χ2n) is 5.75. The van der Waals surface area contributed by atoms with Crippen LogP contribution in [-0.4, -0.2) is 47.2 Å². The average Bonchev–Trinajstić information content (AvgIpc) is 3.13. The fourth-order valence-electron chi connectivity index (χ4n) is 3.09. The Kier molecular flexibility index (Phi) is 3.73. The first-order valence-corrected chi connectivity index (χ1v) is 7.54. The molecule has 3 aliphatic heterocycles. The van der Waals surface area contributed by atoms with Gasteiger partial charge in [0.1, 0.15) is 6.10 Å². The highest BCUT2D eigenvalue weighted by Crippen LogP contribution is 2.33. The van der Waals surface area contributed by atoms with Gasteiger partial charge in [0.15, 0.2) is 6.23 Å². The zero-order valence-electron chi connectivity index (χ0n) is 11.3. The Hall–Kier alpha value is -1.10. The molecule has 0 radical (unpaired) electrons. The highest BCUT2D eigenvalue weighted by Gasteiger charge is 2.47. The molecular formula is C14H22N2O3. The molecule has 19 heavy (non-hydrogen) atoms. The number of fused-ring (bicyclic) bond motifs is 1. The molecule has 2 unspecified atom stereocenters. The summed E-state index contributed by atoms with van der Waals surface area (Å²) in [6, 6.07) is -0.124. The lowest BCUT2D eigenvalue weighted by Gasteiger charge is -2.28. The van der Waals surface area contributed by atoms with Gasteiger partial charge in [-0.15, -0.1) is 0 Å². The first-order valence-electron chi connectivity index (χ1n) is 7.54. The number of ether oxygens (including phenoxy) is 1. The molecule has 0 aromatic carbocycles. The maximum absolute atomic E-state index is 12.6. The van der Waals surface area contributed by atoms with Crippen molar-refractivity contribution in [2.45, 2.75) is 63.7 Å². The fourth-order valence-corrected chi connectivity index (χ4v) is 3.09. The number of likely N-dealkylation sites (tertiary alicyclic amines) is 2. The molecule has 3 aliphatic rings. The smallest absolute Gasteiger partial charge is 0.328 e. The Morgan fingerprint density at radius 1 is 1.05 bits per heavy atom. The molecule has 0 aromatic rings. The van der Waals surface area contributed by atoms with E-state index in [4.69, 9.17) is 4.74 Å². The largest absolute Gasteiger partial charge is 0.348 e. The molecule has 5 heteroatoms. The van der Waals surface area contributed by atoms with Crippen LogP contribution in [0.2, 0.25) is 0 Å². The van der Waals surface area contributed by atoms with Crippen LogP contribution in [0.1, 0.15) is 51.4 Å². The van der Waals surface area contributed by atoms with Crippen LogP contribution in [0.25, 0.3) is 0 Å². The second kappa shape index (κ2) is 5.49. The van der Waals surface area contributed by atoms with Gasteiger partial charge in [-0.2, -0.15) is 0 Å². The fraction of sp³-hybridized carbons (Fsp3) is 0.857. The maximum atomic E-state index is 12.6. The normalized spacial score (nSPS) is 32.1. The van der Waals surface area contributed by atoms with Gasteiger partial charge in [-0.05, 0) is 25.7 Å². The van der Waals surface area contributed by atoms with Gasteiger partial charge < -0.3 is 4.74 Å². The summed E-state index contributed by atoms with van der Waals surface area (Å²) in [5.74, 6) is -0.0123. The summed E-state index contributed by atoms with van der Waals surface area (Å²) in [7, 11) is 0. The van der Waals surface area contributed by atoms with E-state index in [1.54, 1.807) is 4.90 Å². The number of imide groups is 1. The van der Waals surface area contributed by atoms with Crippen molar-refractivity contribution in [3.63, 3.8) is 0 Å². The van der Waals surface area contributed by atoms with Crippen molar-refractivity contribution in [1.29, 1.82) is 0 Å². The minimum atomic E-state index is -0.124. The van der Waals surface area contributed by atoms with Gasteiger partial charge in [0.2, 0.25) is 5.91 Å². The molecule has 0 spiro atoms. The predicted octanol–water partition coefficient (Wildman–Crippen LogP) is 2.11. The van der Waals surface area contributed by atoms with Crippen molar-refractivity contribution in [1.82, 2.24) is 9.80 Å². The van der Waals surface area contributed by atoms with Gasteiger partial charge in [-0.1, -0.05) is 19.3 Å². The van der Waals surface area contributed by atoms with Crippen molar-refractivity contribution in [3.8, 4) is 0 Å². The Balaban J connectivity index is 1.69. The second-order valence-corrected chi connectivity index (χ2v) is 5.75. The summed E-state index contributed by atoms with van der Waals surface area (Å²) in [5, 5.41) is 0. The lowest BCUT2D eigenvalue weighted by atomic mass is 10.1. The van der Waals surface area contributed by atoms with Gasteiger partial charge in [0.25, 0.3) is 0 Å². The third kappa shape index (κ3) is 2.76. The number of urea groups is 1. The number of hydrogen-bond acceptors (Lipinski definition) is 3. The average molecular weight is 266 g/mol. The summed E-state index contributed by atoms with van der Waals surface area (Å²) >= 11 is 0. The zero-order valence-corrected chi connectivity index (χ0v) is 11.3. The molecule has 3 amide bonds. The van der Waals surface area contributed by atoms with Gasteiger partial charge in [0, 0.05) is 19.5 Å². The zero-order chi connectivity index (χ0) is 13.2. The van der Waals surface area contributed by atoms with Crippen LogP contribution in [-0.2, 0) is 9.53 Å². The van der Waals surface area contributed by atoms with E-state index in [2.05, 4.69) is 0 Å². The quantitative estimate of drug-likeness (QED) is 0.631. The Morgan fingerprint density at radius 3 is 2.74 bits per heavy atom. The molecule has 2 atom stereocenters. The molecule has 0 bridgehead atoms. The molecular weight excluding hydrogens is 244 g/mol. The topological polar surface area (TPSA) is 53.2 Å². The number of carbonyl (C=O) groups excluding carboxylic acids is 2. The highest BCUT2D eigenvalue weighted by atomic mass is 16.6. The molecule has 0 saturated carbocycles. The van der Waals surface area contributed by atoms with Crippen LogP contribution in [0.4, 0.5) is 4.79 Å². The number of amides is 3. The van der Waals surface area contributed by atoms with E-state index in [-0.39, 0.29) is 24.3 Å². The SMILES string of the molecule is O=C1CCCCCN1C(=O)N1CCCCCC2OC21. The number of nitrogens with zero attached hydrogens (tertiary/aromatic N) is 2. The standard InChI is InChI=1S/C14H22N2O3/c17-12-8-4-2-5-9-15(12)14(18)16-10-6-1-3-7-11-13(16)19-11/h11,13H,1-10H2. The van der Waals surface area contributed by atoms with E-state index < -0.39 is 0 Å². The summed E-state index contributed by atoms with van der Waals surface area (Å²) < 4.78 is 5.60. The van der Waals surface area contributed by atoms with Crippen LogP contribution in [0.5, 0.6) is 0 Å². The van der Waals surface area contributed by atoms with Crippen molar-refractivity contribution < 1.29 is 14.3 Å². The van der Waals surface area contributed by atoms with Gasteiger partial charge in [0.05, 0.1) is 0 Å². The molecule has 3 fully saturated rings. The number of epoxide rings is 1. The van der Waals surface area contributed by atoms with E-state index in [0.29, 0.717) is 13.0 Å². The van der Waals surface area contributed by atoms with Crippen LogP contribution in [0.3, 0.4) is 0 Å². The van der Waals surface area contributed by atoms with E-state index in [1.165, 1.54) is 11.3 Å². The molecule has 0 N–H and O–H groups in total. The van der Waals surface area contributed by atoms with E-state index in [9.17, 15) is 9.59 Å². The van der Waals surface area contributed by atoms with Crippen molar-refractivity contribution in [2.24, 2.45) is 0 Å². The third-order valence-electron chi connectivity index (χ3n) is 4.30. The number of carbonyl (C=O) groups is 2. The van der Waals surface area contributed by atoms with E-state index >= 15 is 0 Å². The summed E-state index contributed by atoms with van der Waals surface area (Å²) in [6.45, 7) is 1.30. The first-order chi connectivity index (χ1) is 9.27. The van der Waals surface area contributed by atoms with Crippen molar-refractivity contribution >= 4 is 11.9 Å². The minimum absolute atomic E-state index is 0.0123. The lowest BCUT2D eigenvalue weighted by molar-refractivity contribution is -0.128. The van der Waals surface area contributed by atoms with Crippen LogP contribution < -0.4 is 0 Å². The minimum Gasteiger partial charge on any atom is -0.348 e. The molecule has 106 valence electrons. The van der Waals surface area contributed by atoms with E-state index in [1.807, 2.05) is 0 Å². The lowest BCUT2D eigenvalue weighted by Crippen LogP contribution is -2.48. The monoisotopic (exact) mass is 266 g/mol. The first kappa shape index (κ1) is 12.9. The van der Waals surface area contributed by atoms with Gasteiger partial charge in [-0.25, -0.2) is 4.79 Å². The Labute approximate surface area is 113 Å². The molecule has 5 nitrogen and oxygen atoms in total. The van der Waals surface area contributed by atoms with Gasteiger partial charge >= 0.3 is 6.03 Å². The predicted molar refractivity (Wildman–Crippen MR) is 69.4 cm³/mol. The van der Waals surface area contributed by atoms with Crippen LogP contribution >= 0.6 is 0 Å². The maximum Gasteiger partial charge on any atom is 0.328 e. The van der Waals surface area contributed by atoms with E-state index in [0.717, 1.165) is 45.1 Å². The van der Waals surface area contributed by atoms with Crippen LogP contribution in [0.15, 0.2) is 0 Å².